The Hall–Kier alpha value is -1.07. The van der Waals surface area contributed by atoms with Crippen LogP contribution in [-0.4, -0.2) is 38.2 Å². The largest absolute Gasteiger partial charge is 0.484 e. The zero-order chi connectivity index (χ0) is 14.4. The third-order valence-electron chi connectivity index (χ3n) is 3.81. The Morgan fingerprint density at radius 2 is 2.20 bits per heavy atom. The first-order valence-corrected chi connectivity index (χ1v) is 7.98. The van der Waals surface area contributed by atoms with Crippen LogP contribution in [0, 0.1) is 0 Å². The van der Waals surface area contributed by atoms with Gasteiger partial charge >= 0.3 is 0 Å². The molecule has 110 valence electrons. The highest BCUT2D eigenvalue weighted by molar-refractivity contribution is 9.10. The molecule has 0 aromatic heterocycles. The van der Waals surface area contributed by atoms with Gasteiger partial charge < -0.3 is 15.0 Å². The van der Waals surface area contributed by atoms with E-state index < -0.39 is 0 Å². The minimum atomic E-state index is -0.0460. The fraction of sp³-hybridized carbons (Fsp3) is 0.533. The number of benzene rings is 1. The molecule has 0 aliphatic carbocycles. The Bertz CT molecular complexity index is 436. The summed E-state index contributed by atoms with van der Waals surface area (Å²) in [7, 11) is 0. The first kappa shape index (κ1) is 15.3. The number of halogens is 1. The van der Waals surface area contributed by atoms with Crippen LogP contribution in [0.2, 0.25) is 0 Å². The molecule has 2 atom stereocenters. The van der Waals surface area contributed by atoms with E-state index in [1.54, 1.807) is 4.90 Å². The van der Waals surface area contributed by atoms with Crippen LogP contribution in [0.25, 0.3) is 0 Å². The summed E-state index contributed by atoms with van der Waals surface area (Å²) in [6, 6.07) is 8.05. The zero-order valence-corrected chi connectivity index (χ0v) is 13.4. The highest BCUT2D eigenvalue weighted by atomic mass is 79.9. The predicted octanol–water partition coefficient (Wildman–Crippen LogP) is 1.01. The van der Waals surface area contributed by atoms with Crippen LogP contribution in [0.5, 0.6) is 5.75 Å². The topological polar surface area (TPSA) is 42.8 Å². The molecule has 1 amide bonds. The molecule has 0 saturated carbocycles. The standard InChI is InChI=1S/C15H21BrN2O2/c1-2-18-9-3-4-13(18)10-17-15(19)11-20-14-7-5-12(16)6-8-14/h5-8,13H,2-4,9-11H2,1H3,(H,17,19)/p+1/t13-/m0/s1. The van der Waals surface area contributed by atoms with Crippen molar-refractivity contribution < 1.29 is 14.4 Å². The molecule has 5 heteroatoms. The van der Waals surface area contributed by atoms with Gasteiger partial charge in [-0.25, -0.2) is 0 Å². The predicted molar refractivity (Wildman–Crippen MR) is 82.0 cm³/mol. The number of quaternary nitrogens is 1. The van der Waals surface area contributed by atoms with E-state index in [1.165, 1.54) is 19.4 Å². The molecule has 2 rings (SSSR count). The number of nitrogens with one attached hydrogen (secondary N) is 2. The van der Waals surface area contributed by atoms with Gasteiger partial charge in [0, 0.05) is 17.3 Å². The number of carbonyl (C=O) groups is 1. The molecule has 2 N–H and O–H groups in total. The highest BCUT2D eigenvalue weighted by Crippen LogP contribution is 2.15. The van der Waals surface area contributed by atoms with Gasteiger partial charge in [-0.1, -0.05) is 15.9 Å². The van der Waals surface area contributed by atoms with Crippen LogP contribution in [0.1, 0.15) is 19.8 Å². The van der Waals surface area contributed by atoms with E-state index in [-0.39, 0.29) is 12.5 Å². The van der Waals surface area contributed by atoms with Gasteiger partial charge in [-0.05, 0) is 31.2 Å². The van der Waals surface area contributed by atoms with Crippen LogP contribution >= 0.6 is 15.9 Å². The Morgan fingerprint density at radius 1 is 1.45 bits per heavy atom. The van der Waals surface area contributed by atoms with E-state index >= 15 is 0 Å². The minimum absolute atomic E-state index is 0.0460. The number of likely N-dealkylation sites (N-methyl/N-ethyl adjacent to an activating group) is 1. The van der Waals surface area contributed by atoms with Crippen LogP contribution in [0.15, 0.2) is 28.7 Å². The van der Waals surface area contributed by atoms with E-state index in [9.17, 15) is 4.79 Å². The highest BCUT2D eigenvalue weighted by Gasteiger charge is 2.26. The third-order valence-corrected chi connectivity index (χ3v) is 4.34. The summed E-state index contributed by atoms with van der Waals surface area (Å²) < 4.78 is 6.45. The Morgan fingerprint density at radius 3 is 2.90 bits per heavy atom. The molecule has 1 unspecified atom stereocenters. The van der Waals surface area contributed by atoms with Crippen molar-refractivity contribution >= 4 is 21.8 Å². The Balaban J connectivity index is 1.69. The third kappa shape index (κ3) is 4.49. The van der Waals surface area contributed by atoms with Crippen molar-refractivity contribution in [2.45, 2.75) is 25.8 Å². The fourth-order valence-electron chi connectivity index (χ4n) is 2.66. The number of rotatable bonds is 6. The average molecular weight is 342 g/mol. The van der Waals surface area contributed by atoms with E-state index in [0.29, 0.717) is 11.8 Å². The van der Waals surface area contributed by atoms with Crippen molar-refractivity contribution in [2.24, 2.45) is 0 Å². The van der Waals surface area contributed by atoms with E-state index in [1.807, 2.05) is 24.3 Å². The lowest BCUT2D eigenvalue weighted by atomic mass is 10.2. The minimum Gasteiger partial charge on any atom is -0.484 e. The molecule has 1 aromatic rings. The number of amides is 1. The molecule has 1 aliphatic rings. The number of likely N-dealkylation sites (tertiary alicyclic amines) is 1. The monoisotopic (exact) mass is 341 g/mol. The normalized spacial score (nSPS) is 21.7. The Kier molecular flexibility index (Phi) is 5.86. The summed E-state index contributed by atoms with van der Waals surface area (Å²) in [6.45, 7) is 5.40. The molecule has 1 saturated heterocycles. The lowest BCUT2D eigenvalue weighted by molar-refractivity contribution is -0.909. The molecule has 1 heterocycles. The molecule has 20 heavy (non-hydrogen) atoms. The van der Waals surface area contributed by atoms with Crippen molar-refractivity contribution in [3.8, 4) is 5.75 Å². The van der Waals surface area contributed by atoms with Crippen molar-refractivity contribution in [2.75, 3.05) is 26.2 Å². The second kappa shape index (κ2) is 7.64. The van der Waals surface area contributed by atoms with E-state index in [2.05, 4.69) is 28.2 Å². The molecule has 1 aliphatic heterocycles. The molecular weight excluding hydrogens is 320 g/mol. The van der Waals surface area contributed by atoms with Crippen molar-refractivity contribution in [3.63, 3.8) is 0 Å². The number of ether oxygens (including phenoxy) is 1. The van der Waals surface area contributed by atoms with Crippen LogP contribution in [0.4, 0.5) is 0 Å². The number of carbonyl (C=O) groups excluding carboxylic acids is 1. The van der Waals surface area contributed by atoms with E-state index in [4.69, 9.17) is 4.74 Å². The first-order valence-electron chi connectivity index (χ1n) is 7.18. The van der Waals surface area contributed by atoms with Crippen LogP contribution in [0.3, 0.4) is 0 Å². The number of hydrogen-bond acceptors (Lipinski definition) is 2. The van der Waals surface area contributed by atoms with Gasteiger partial charge in [0.05, 0.1) is 19.6 Å². The summed E-state index contributed by atoms with van der Waals surface area (Å²) in [4.78, 5) is 13.4. The summed E-state index contributed by atoms with van der Waals surface area (Å²) in [6.07, 6.45) is 2.47. The molecular formula is C15H22BrN2O2+. The van der Waals surface area contributed by atoms with Gasteiger partial charge in [0.1, 0.15) is 11.8 Å². The van der Waals surface area contributed by atoms with Crippen molar-refractivity contribution in [1.29, 1.82) is 0 Å². The molecule has 0 radical (unpaired) electrons. The summed E-state index contributed by atoms with van der Waals surface area (Å²) in [5.41, 5.74) is 0. The summed E-state index contributed by atoms with van der Waals surface area (Å²) in [5.74, 6) is 0.667. The van der Waals surface area contributed by atoms with Gasteiger partial charge in [0.25, 0.3) is 5.91 Å². The number of hydrogen-bond donors (Lipinski definition) is 2. The lowest BCUT2D eigenvalue weighted by Crippen LogP contribution is -3.14. The Labute approximate surface area is 128 Å². The molecule has 1 aromatic carbocycles. The maximum Gasteiger partial charge on any atom is 0.258 e. The maximum absolute atomic E-state index is 11.8. The van der Waals surface area contributed by atoms with Crippen molar-refractivity contribution in [1.82, 2.24) is 5.32 Å². The lowest BCUT2D eigenvalue weighted by Gasteiger charge is -2.20. The second-order valence-electron chi connectivity index (χ2n) is 5.15. The summed E-state index contributed by atoms with van der Waals surface area (Å²) in [5, 5.41) is 2.98. The van der Waals surface area contributed by atoms with Crippen LogP contribution in [-0.2, 0) is 4.79 Å². The van der Waals surface area contributed by atoms with Crippen molar-refractivity contribution in [3.05, 3.63) is 28.7 Å². The summed E-state index contributed by atoms with van der Waals surface area (Å²) >= 11 is 3.36. The van der Waals surface area contributed by atoms with Crippen LogP contribution < -0.4 is 15.0 Å². The van der Waals surface area contributed by atoms with Gasteiger partial charge in [0.15, 0.2) is 6.61 Å². The van der Waals surface area contributed by atoms with E-state index in [0.717, 1.165) is 17.6 Å². The average Bonchev–Trinajstić information content (AvgIpc) is 2.92. The van der Waals surface area contributed by atoms with Gasteiger partial charge in [-0.15, -0.1) is 0 Å². The second-order valence-corrected chi connectivity index (χ2v) is 6.06. The maximum atomic E-state index is 11.8. The smallest absolute Gasteiger partial charge is 0.258 e. The SMILES string of the molecule is CC[NH+]1CCC[C@H]1CNC(=O)COc1ccc(Br)cc1. The van der Waals surface area contributed by atoms with Gasteiger partial charge in [-0.3, -0.25) is 4.79 Å². The fourth-order valence-corrected chi connectivity index (χ4v) is 2.93. The molecule has 0 spiro atoms. The molecule has 0 bridgehead atoms. The zero-order valence-electron chi connectivity index (χ0n) is 11.8. The van der Waals surface area contributed by atoms with Gasteiger partial charge in [-0.2, -0.15) is 0 Å². The first-order chi connectivity index (χ1) is 9.69. The quantitative estimate of drug-likeness (QED) is 0.811. The molecule has 4 nitrogen and oxygen atoms in total. The van der Waals surface area contributed by atoms with Gasteiger partial charge in [0.2, 0.25) is 0 Å². The molecule has 1 fully saturated rings.